The molecule has 4 rings (SSSR count). The third-order valence-electron chi connectivity index (χ3n) is 4.99. The molecule has 3 aromatic rings. The van der Waals surface area contributed by atoms with Gasteiger partial charge < -0.3 is 10.5 Å². The van der Waals surface area contributed by atoms with E-state index in [1.165, 1.54) is 5.56 Å². The highest BCUT2D eigenvalue weighted by atomic mass is 19.2. The number of rotatable bonds is 2. The largest absolute Gasteiger partial charge is 0.484 e. The smallest absolute Gasteiger partial charge is 0.161 e. The molecule has 0 amide bonds. The first kappa shape index (κ1) is 16.9. The van der Waals surface area contributed by atoms with Crippen LogP contribution in [0.4, 0.5) is 13.2 Å². The van der Waals surface area contributed by atoms with Crippen LogP contribution in [0.2, 0.25) is 0 Å². The number of halogens is 3. The minimum atomic E-state index is -1.23. The zero-order valence-corrected chi connectivity index (χ0v) is 14.2. The predicted octanol–water partition coefficient (Wildman–Crippen LogP) is 4.82. The summed E-state index contributed by atoms with van der Waals surface area (Å²) in [6.07, 6.45) is 0.502. The molecule has 134 valence electrons. The number of nitrogens with two attached hydrogens (primary N) is 1. The van der Waals surface area contributed by atoms with Crippen LogP contribution in [0.15, 0.2) is 42.5 Å². The molecule has 0 saturated carbocycles. The molecule has 1 heterocycles. The lowest BCUT2D eigenvalue weighted by molar-refractivity contribution is 0.149. The third-order valence-corrected chi connectivity index (χ3v) is 4.99. The lowest BCUT2D eigenvalue weighted by Crippen LogP contribution is -2.38. The molecule has 2 atom stereocenters. The van der Waals surface area contributed by atoms with Gasteiger partial charge in [-0.15, -0.1) is 0 Å². The molecule has 1 aliphatic rings. The van der Waals surface area contributed by atoms with Gasteiger partial charge in [0.1, 0.15) is 17.7 Å². The Morgan fingerprint density at radius 1 is 1.00 bits per heavy atom. The summed E-state index contributed by atoms with van der Waals surface area (Å²) in [5.74, 6) is -2.60. The van der Waals surface area contributed by atoms with Crippen molar-refractivity contribution >= 4 is 10.8 Å². The fourth-order valence-electron chi connectivity index (χ4n) is 3.57. The molecule has 0 fully saturated rings. The van der Waals surface area contributed by atoms with Crippen molar-refractivity contribution in [3.05, 3.63) is 76.6 Å². The Bertz CT molecular complexity index is 1000. The van der Waals surface area contributed by atoms with Gasteiger partial charge in [0.2, 0.25) is 0 Å². The van der Waals surface area contributed by atoms with Crippen LogP contribution in [-0.2, 0) is 12.8 Å². The molecule has 3 aromatic carbocycles. The maximum atomic E-state index is 14.2. The van der Waals surface area contributed by atoms with Crippen molar-refractivity contribution in [1.82, 2.24) is 0 Å². The summed E-state index contributed by atoms with van der Waals surface area (Å²) in [5.41, 5.74) is 8.34. The molecule has 1 aliphatic heterocycles. The van der Waals surface area contributed by atoms with Gasteiger partial charge in [0.25, 0.3) is 0 Å². The van der Waals surface area contributed by atoms with Crippen molar-refractivity contribution in [3.8, 4) is 5.75 Å². The highest BCUT2D eigenvalue weighted by molar-refractivity contribution is 5.88. The summed E-state index contributed by atoms with van der Waals surface area (Å²) in [7, 11) is 0. The molecule has 26 heavy (non-hydrogen) atoms. The van der Waals surface area contributed by atoms with E-state index in [4.69, 9.17) is 10.5 Å². The molecule has 2 N–H and O–H groups in total. The van der Waals surface area contributed by atoms with E-state index < -0.39 is 29.6 Å². The van der Waals surface area contributed by atoms with Crippen molar-refractivity contribution in [2.45, 2.75) is 31.9 Å². The maximum Gasteiger partial charge on any atom is 0.161 e. The summed E-state index contributed by atoms with van der Waals surface area (Å²) in [6, 6.07) is 10.8. The van der Waals surface area contributed by atoms with Gasteiger partial charge in [-0.05, 0) is 41.3 Å². The fourth-order valence-corrected chi connectivity index (χ4v) is 3.57. The van der Waals surface area contributed by atoms with Crippen molar-refractivity contribution in [3.63, 3.8) is 0 Å². The van der Waals surface area contributed by atoms with Crippen LogP contribution in [0, 0.1) is 17.5 Å². The molecule has 0 spiro atoms. The fraction of sp³-hybridized carbons (Fsp3) is 0.238. The SMILES string of the molecule is CCc1ccc2ccc3c(c2c1)C[C@H](N)[C@@H](c1cc(F)c(F)cc1F)O3. The normalized spacial score (nSPS) is 19.3. The average Bonchev–Trinajstić information content (AvgIpc) is 2.64. The van der Waals surface area contributed by atoms with Crippen molar-refractivity contribution in [1.29, 1.82) is 0 Å². The summed E-state index contributed by atoms with van der Waals surface area (Å²) in [4.78, 5) is 0. The van der Waals surface area contributed by atoms with E-state index in [1.807, 2.05) is 12.1 Å². The molecule has 0 radical (unpaired) electrons. The summed E-state index contributed by atoms with van der Waals surface area (Å²) < 4.78 is 46.9. The summed E-state index contributed by atoms with van der Waals surface area (Å²) in [6.45, 7) is 2.08. The second-order valence-corrected chi connectivity index (χ2v) is 6.65. The predicted molar refractivity (Wildman–Crippen MR) is 94.7 cm³/mol. The Morgan fingerprint density at radius 3 is 2.50 bits per heavy atom. The van der Waals surface area contributed by atoms with E-state index in [0.29, 0.717) is 18.2 Å². The van der Waals surface area contributed by atoms with Crippen LogP contribution in [-0.4, -0.2) is 6.04 Å². The molecule has 0 aromatic heterocycles. The minimum Gasteiger partial charge on any atom is -0.484 e. The summed E-state index contributed by atoms with van der Waals surface area (Å²) in [5, 5.41) is 2.13. The van der Waals surface area contributed by atoms with E-state index >= 15 is 0 Å². The Morgan fingerprint density at radius 2 is 1.73 bits per heavy atom. The lowest BCUT2D eigenvalue weighted by Gasteiger charge is -2.32. The van der Waals surface area contributed by atoms with Gasteiger partial charge in [-0.25, -0.2) is 13.2 Å². The van der Waals surface area contributed by atoms with Crippen LogP contribution >= 0.6 is 0 Å². The maximum absolute atomic E-state index is 14.2. The van der Waals surface area contributed by atoms with Crippen molar-refractivity contribution in [2.75, 3.05) is 0 Å². The number of ether oxygens (including phenoxy) is 1. The lowest BCUT2D eigenvalue weighted by atomic mass is 9.89. The third kappa shape index (κ3) is 2.72. The average molecular weight is 357 g/mol. The Hall–Kier alpha value is -2.53. The van der Waals surface area contributed by atoms with E-state index in [9.17, 15) is 13.2 Å². The first-order chi connectivity index (χ1) is 12.5. The monoisotopic (exact) mass is 357 g/mol. The molecule has 2 nitrogen and oxygen atoms in total. The van der Waals surface area contributed by atoms with Gasteiger partial charge in [0, 0.05) is 17.2 Å². The Balaban J connectivity index is 1.80. The first-order valence-electron chi connectivity index (χ1n) is 8.59. The second kappa shape index (κ2) is 6.32. The van der Waals surface area contributed by atoms with Gasteiger partial charge in [0.05, 0.1) is 6.04 Å². The van der Waals surface area contributed by atoms with Crippen LogP contribution in [0.25, 0.3) is 10.8 Å². The zero-order valence-electron chi connectivity index (χ0n) is 14.2. The molecule has 0 unspecified atom stereocenters. The van der Waals surface area contributed by atoms with E-state index in [-0.39, 0.29) is 5.56 Å². The van der Waals surface area contributed by atoms with Gasteiger partial charge in [0.15, 0.2) is 11.6 Å². The van der Waals surface area contributed by atoms with E-state index in [1.54, 1.807) is 0 Å². The van der Waals surface area contributed by atoms with Crippen LogP contribution in [0.5, 0.6) is 5.75 Å². The van der Waals surface area contributed by atoms with E-state index in [2.05, 4.69) is 25.1 Å². The number of fused-ring (bicyclic) bond motifs is 3. The molecule has 0 bridgehead atoms. The van der Waals surface area contributed by atoms with Gasteiger partial charge in [-0.2, -0.15) is 0 Å². The van der Waals surface area contributed by atoms with Crippen LogP contribution in [0.3, 0.4) is 0 Å². The number of aryl methyl sites for hydroxylation is 1. The first-order valence-corrected chi connectivity index (χ1v) is 8.59. The molecular formula is C21H18F3NO. The van der Waals surface area contributed by atoms with Crippen LogP contribution in [0.1, 0.15) is 29.7 Å². The highest BCUT2D eigenvalue weighted by Gasteiger charge is 2.32. The second-order valence-electron chi connectivity index (χ2n) is 6.65. The molecular weight excluding hydrogens is 339 g/mol. The zero-order chi connectivity index (χ0) is 18.4. The minimum absolute atomic E-state index is 0.0653. The molecule has 0 aliphatic carbocycles. The van der Waals surface area contributed by atoms with Crippen LogP contribution < -0.4 is 10.5 Å². The van der Waals surface area contributed by atoms with Gasteiger partial charge in [-0.1, -0.05) is 31.2 Å². The van der Waals surface area contributed by atoms with E-state index in [0.717, 1.165) is 28.8 Å². The molecule has 0 saturated heterocycles. The number of hydrogen-bond acceptors (Lipinski definition) is 2. The standard InChI is InChI=1S/C21H18F3NO/c1-2-11-3-4-12-5-6-20-14(13(12)7-11)9-19(25)21(26-20)15-8-17(23)18(24)10-16(15)22/h3-8,10,19,21H,2,9,25H2,1H3/t19-,21+/m0/s1. The quantitative estimate of drug-likeness (QED) is 0.667. The van der Waals surface area contributed by atoms with Crippen molar-refractivity contribution < 1.29 is 17.9 Å². The highest BCUT2D eigenvalue weighted by Crippen LogP contribution is 2.39. The van der Waals surface area contributed by atoms with Gasteiger partial charge in [-0.3, -0.25) is 0 Å². The Labute approximate surface area is 149 Å². The Kier molecular flexibility index (Phi) is 4.11. The van der Waals surface area contributed by atoms with Crippen molar-refractivity contribution in [2.24, 2.45) is 5.73 Å². The topological polar surface area (TPSA) is 35.2 Å². The summed E-state index contributed by atoms with van der Waals surface area (Å²) >= 11 is 0. The molecule has 5 heteroatoms. The van der Waals surface area contributed by atoms with Gasteiger partial charge >= 0.3 is 0 Å². The number of benzene rings is 3. The number of hydrogen-bond donors (Lipinski definition) is 1.